The third-order valence-corrected chi connectivity index (χ3v) is 4.32. The highest BCUT2D eigenvalue weighted by atomic mass is 35.5. The zero-order valence-corrected chi connectivity index (χ0v) is 15.9. The van der Waals surface area contributed by atoms with Crippen molar-refractivity contribution in [2.75, 3.05) is 31.6 Å². The largest absolute Gasteiger partial charge is 0.444 e. The number of hydrogen-bond donors (Lipinski definition) is 0. The molecule has 2 heterocycles. The summed E-state index contributed by atoms with van der Waals surface area (Å²) in [4.78, 5) is 24.7. The predicted octanol–water partition coefficient (Wildman–Crippen LogP) is 3.52. The van der Waals surface area contributed by atoms with Crippen LogP contribution in [0.25, 0.3) is 0 Å². The van der Waals surface area contributed by atoms with E-state index < -0.39 is 5.60 Å². The van der Waals surface area contributed by atoms with Gasteiger partial charge in [-0.1, -0.05) is 11.6 Å². The van der Waals surface area contributed by atoms with Crippen LogP contribution in [0.2, 0.25) is 5.15 Å². The van der Waals surface area contributed by atoms with Gasteiger partial charge in [0.05, 0.1) is 0 Å². The van der Waals surface area contributed by atoms with Crippen LogP contribution in [0.3, 0.4) is 0 Å². The van der Waals surface area contributed by atoms with Crippen molar-refractivity contribution in [1.82, 2.24) is 14.9 Å². The molecule has 1 atom stereocenters. The molecule has 1 aliphatic rings. The second-order valence-corrected chi connectivity index (χ2v) is 7.82. The van der Waals surface area contributed by atoms with E-state index in [1.807, 2.05) is 39.6 Å². The van der Waals surface area contributed by atoms with Crippen LogP contribution in [0, 0.1) is 12.8 Å². The van der Waals surface area contributed by atoms with Gasteiger partial charge in [0, 0.05) is 38.4 Å². The second kappa shape index (κ2) is 7.55. The topological polar surface area (TPSA) is 58.6 Å². The van der Waals surface area contributed by atoms with Gasteiger partial charge in [-0.3, -0.25) is 0 Å². The summed E-state index contributed by atoms with van der Waals surface area (Å²) in [6.45, 7) is 9.77. The number of rotatable bonds is 3. The van der Waals surface area contributed by atoms with Crippen molar-refractivity contribution in [3.8, 4) is 0 Å². The zero-order chi connectivity index (χ0) is 17.9. The highest BCUT2D eigenvalue weighted by molar-refractivity contribution is 6.30. The number of hydrogen-bond acceptors (Lipinski definition) is 5. The summed E-state index contributed by atoms with van der Waals surface area (Å²) in [6, 6.07) is 0. The monoisotopic (exact) mass is 354 g/mol. The number of ether oxygens (including phenoxy) is 1. The number of halogens is 1. The molecule has 1 aromatic rings. The molecule has 0 aromatic carbocycles. The first-order valence-corrected chi connectivity index (χ1v) is 8.71. The van der Waals surface area contributed by atoms with Gasteiger partial charge in [0.25, 0.3) is 0 Å². The number of anilines is 1. The lowest BCUT2D eigenvalue weighted by molar-refractivity contribution is 0.0170. The van der Waals surface area contributed by atoms with Crippen molar-refractivity contribution in [1.29, 1.82) is 0 Å². The lowest BCUT2D eigenvalue weighted by atomic mass is 9.98. The van der Waals surface area contributed by atoms with E-state index in [9.17, 15) is 4.79 Å². The number of likely N-dealkylation sites (tertiary alicyclic amines) is 1. The molecule has 0 N–H and O–H groups in total. The molecule has 0 radical (unpaired) electrons. The van der Waals surface area contributed by atoms with Crippen molar-refractivity contribution in [2.24, 2.45) is 5.92 Å². The summed E-state index contributed by atoms with van der Waals surface area (Å²) in [5.74, 6) is 0.972. The normalized spacial score (nSPS) is 18.4. The minimum Gasteiger partial charge on any atom is -0.444 e. The molecule has 24 heavy (non-hydrogen) atoms. The quantitative estimate of drug-likeness (QED) is 0.777. The van der Waals surface area contributed by atoms with Gasteiger partial charge in [-0.2, -0.15) is 0 Å². The molecule has 1 saturated heterocycles. The van der Waals surface area contributed by atoms with E-state index in [4.69, 9.17) is 16.3 Å². The Morgan fingerprint density at radius 3 is 2.83 bits per heavy atom. The van der Waals surface area contributed by atoms with E-state index in [1.165, 1.54) is 0 Å². The smallest absolute Gasteiger partial charge is 0.410 e. The fraction of sp³-hybridized carbons (Fsp3) is 0.706. The van der Waals surface area contributed by atoms with Crippen LogP contribution in [0.15, 0.2) is 6.20 Å². The fourth-order valence-corrected chi connectivity index (χ4v) is 2.90. The molecule has 1 amide bonds. The SMILES string of the molecule is Cc1cnc(N(C)C[C@H]2CCCN(C(=O)OC(C)(C)C)C2)nc1Cl. The lowest BCUT2D eigenvalue weighted by Crippen LogP contribution is -2.45. The van der Waals surface area contributed by atoms with Crippen LogP contribution in [-0.2, 0) is 4.74 Å². The number of aryl methyl sites for hydroxylation is 1. The van der Waals surface area contributed by atoms with Crippen LogP contribution < -0.4 is 4.90 Å². The van der Waals surface area contributed by atoms with E-state index in [0.29, 0.717) is 23.6 Å². The highest BCUT2D eigenvalue weighted by Gasteiger charge is 2.28. The van der Waals surface area contributed by atoms with Gasteiger partial charge in [-0.15, -0.1) is 0 Å². The Hall–Kier alpha value is -1.56. The average molecular weight is 355 g/mol. The molecule has 2 rings (SSSR count). The van der Waals surface area contributed by atoms with E-state index in [1.54, 1.807) is 11.1 Å². The lowest BCUT2D eigenvalue weighted by Gasteiger charge is -2.35. The minimum atomic E-state index is -0.465. The van der Waals surface area contributed by atoms with Crippen LogP contribution in [-0.4, -0.2) is 53.2 Å². The Labute approximate surface area is 149 Å². The Balaban J connectivity index is 1.94. The number of carbonyl (C=O) groups excluding carboxylic acids is 1. The van der Waals surface area contributed by atoms with E-state index in [0.717, 1.165) is 31.5 Å². The van der Waals surface area contributed by atoms with Crippen molar-refractivity contribution < 1.29 is 9.53 Å². The molecular weight excluding hydrogens is 328 g/mol. The van der Waals surface area contributed by atoms with Gasteiger partial charge < -0.3 is 14.5 Å². The molecule has 1 aliphatic heterocycles. The first-order chi connectivity index (χ1) is 11.2. The van der Waals surface area contributed by atoms with Gasteiger partial charge in [0.1, 0.15) is 10.8 Å². The zero-order valence-electron chi connectivity index (χ0n) is 15.2. The van der Waals surface area contributed by atoms with E-state index in [2.05, 4.69) is 9.97 Å². The Bertz CT molecular complexity index is 588. The molecule has 1 aromatic heterocycles. The van der Waals surface area contributed by atoms with Gasteiger partial charge in [-0.05, 0) is 46.5 Å². The molecule has 0 unspecified atom stereocenters. The molecule has 6 nitrogen and oxygen atoms in total. The first-order valence-electron chi connectivity index (χ1n) is 8.34. The van der Waals surface area contributed by atoms with Crippen LogP contribution in [0.1, 0.15) is 39.2 Å². The van der Waals surface area contributed by atoms with Gasteiger partial charge in [0.15, 0.2) is 0 Å². The van der Waals surface area contributed by atoms with Crippen molar-refractivity contribution in [3.05, 3.63) is 16.9 Å². The summed E-state index contributed by atoms with van der Waals surface area (Å²) in [7, 11) is 1.95. The predicted molar refractivity (Wildman–Crippen MR) is 95.6 cm³/mol. The van der Waals surface area contributed by atoms with E-state index >= 15 is 0 Å². The molecule has 0 spiro atoms. The van der Waals surface area contributed by atoms with Gasteiger partial charge >= 0.3 is 6.09 Å². The third kappa shape index (κ3) is 5.23. The Morgan fingerprint density at radius 1 is 1.50 bits per heavy atom. The molecule has 1 fully saturated rings. The highest BCUT2D eigenvalue weighted by Crippen LogP contribution is 2.22. The van der Waals surface area contributed by atoms with Crippen molar-refractivity contribution in [2.45, 2.75) is 46.1 Å². The summed E-state index contributed by atoms with van der Waals surface area (Å²) >= 11 is 6.08. The summed E-state index contributed by atoms with van der Waals surface area (Å²) in [5, 5.41) is 0.478. The van der Waals surface area contributed by atoms with Crippen LogP contribution >= 0.6 is 11.6 Å². The molecule has 0 bridgehead atoms. The van der Waals surface area contributed by atoms with E-state index in [-0.39, 0.29) is 6.09 Å². The standard InChI is InChI=1S/C17H27ClN4O2/c1-12-9-19-15(20-14(12)18)21(5)10-13-7-6-8-22(11-13)16(23)24-17(2,3)4/h9,13H,6-8,10-11H2,1-5H3/t13-/m1/s1. The van der Waals surface area contributed by atoms with Crippen molar-refractivity contribution >= 4 is 23.6 Å². The summed E-state index contributed by atoms with van der Waals surface area (Å²) in [6.07, 6.45) is 3.55. The number of piperidine rings is 1. The Kier molecular flexibility index (Phi) is 5.91. The third-order valence-electron chi connectivity index (χ3n) is 3.94. The summed E-state index contributed by atoms with van der Waals surface area (Å²) in [5.41, 5.74) is 0.399. The Morgan fingerprint density at radius 2 is 2.21 bits per heavy atom. The van der Waals surface area contributed by atoms with Crippen LogP contribution in [0.4, 0.5) is 10.7 Å². The van der Waals surface area contributed by atoms with Gasteiger partial charge in [-0.25, -0.2) is 14.8 Å². The first kappa shape index (κ1) is 18.8. The number of aromatic nitrogens is 2. The maximum Gasteiger partial charge on any atom is 0.410 e. The molecule has 134 valence electrons. The number of nitrogens with zero attached hydrogens (tertiary/aromatic N) is 4. The summed E-state index contributed by atoms with van der Waals surface area (Å²) < 4.78 is 5.48. The molecule has 7 heteroatoms. The fourth-order valence-electron chi connectivity index (χ4n) is 2.77. The maximum atomic E-state index is 12.2. The molecule has 0 aliphatic carbocycles. The maximum absolute atomic E-state index is 12.2. The molecule has 0 saturated carbocycles. The number of carbonyl (C=O) groups is 1. The second-order valence-electron chi connectivity index (χ2n) is 7.46. The number of amides is 1. The average Bonchev–Trinajstić information content (AvgIpc) is 2.48. The van der Waals surface area contributed by atoms with Gasteiger partial charge in [0.2, 0.25) is 5.95 Å². The van der Waals surface area contributed by atoms with Crippen LogP contribution in [0.5, 0.6) is 0 Å². The molecular formula is C17H27ClN4O2. The minimum absolute atomic E-state index is 0.232. The van der Waals surface area contributed by atoms with Crippen molar-refractivity contribution in [3.63, 3.8) is 0 Å².